The van der Waals surface area contributed by atoms with Crippen LogP contribution in [0.25, 0.3) is 11.3 Å². The SMILES string of the molecule is O=C(c1ccc(-c2ccccc2)nn1)N1CCN(Cc2ccccc2)CC1. The van der Waals surface area contributed by atoms with E-state index >= 15 is 0 Å². The summed E-state index contributed by atoms with van der Waals surface area (Å²) in [5.74, 6) is -0.0403. The Labute approximate surface area is 159 Å². The van der Waals surface area contributed by atoms with E-state index in [-0.39, 0.29) is 5.91 Å². The van der Waals surface area contributed by atoms with Gasteiger partial charge in [0.05, 0.1) is 5.69 Å². The van der Waals surface area contributed by atoms with Crippen LogP contribution < -0.4 is 0 Å². The molecule has 0 atom stereocenters. The molecule has 0 N–H and O–H groups in total. The lowest BCUT2D eigenvalue weighted by atomic mass is 10.1. The first-order valence-electron chi connectivity index (χ1n) is 9.24. The molecule has 1 aliphatic rings. The number of piperazine rings is 1. The molecule has 5 heteroatoms. The minimum absolute atomic E-state index is 0.0403. The van der Waals surface area contributed by atoms with Gasteiger partial charge in [0, 0.05) is 38.3 Å². The molecule has 2 aromatic carbocycles. The Balaban J connectivity index is 1.35. The number of rotatable bonds is 4. The second kappa shape index (κ2) is 8.10. The largest absolute Gasteiger partial charge is 0.335 e. The number of nitrogens with zero attached hydrogens (tertiary/aromatic N) is 4. The molecule has 1 saturated heterocycles. The van der Waals surface area contributed by atoms with E-state index in [1.807, 2.05) is 47.4 Å². The molecule has 136 valence electrons. The Morgan fingerprint density at radius 3 is 2.07 bits per heavy atom. The predicted octanol–water partition coefficient (Wildman–Crippen LogP) is 3.10. The van der Waals surface area contributed by atoms with Crippen molar-refractivity contribution < 1.29 is 4.79 Å². The Bertz CT molecular complexity index is 873. The summed E-state index contributed by atoms with van der Waals surface area (Å²) in [5, 5.41) is 8.39. The smallest absolute Gasteiger partial charge is 0.274 e. The van der Waals surface area contributed by atoms with Gasteiger partial charge in [-0.05, 0) is 17.7 Å². The van der Waals surface area contributed by atoms with Gasteiger partial charge in [0.2, 0.25) is 0 Å². The third kappa shape index (κ3) is 4.20. The number of aromatic nitrogens is 2. The minimum atomic E-state index is -0.0403. The van der Waals surface area contributed by atoms with Gasteiger partial charge in [0.25, 0.3) is 5.91 Å². The molecule has 0 unspecified atom stereocenters. The maximum absolute atomic E-state index is 12.7. The number of carbonyl (C=O) groups excluding carboxylic acids is 1. The summed E-state index contributed by atoms with van der Waals surface area (Å²) in [4.78, 5) is 17.0. The fraction of sp³-hybridized carbons (Fsp3) is 0.227. The Kier molecular flexibility index (Phi) is 5.21. The van der Waals surface area contributed by atoms with Gasteiger partial charge in [-0.3, -0.25) is 9.69 Å². The van der Waals surface area contributed by atoms with E-state index in [1.165, 1.54) is 5.56 Å². The third-order valence-corrected chi connectivity index (χ3v) is 4.86. The van der Waals surface area contributed by atoms with E-state index in [1.54, 1.807) is 6.07 Å². The molecule has 0 aliphatic carbocycles. The number of amides is 1. The summed E-state index contributed by atoms with van der Waals surface area (Å²) in [6.45, 7) is 4.10. The van der Waals surface area contributed by atoms with Crippen molar-refractivity contribution in [1.82, 2.24) is 20.0 Å². The van der Waals surface area contributed by atoms with Crippen LogP contribution in [0.5, 0.6) is 0 Å². The zero-order valence-electron chi connectivity index (χ0n) is 15.2. The molecule has 1 aromatic heterocycles. The van der Waals surface area contributed by atoms with Crippen LogP contribution in [0, 0.1) is 0 Å². The zero-order chi connectivity index (χ0) is 18.5. The van der Waals surface area contributed by atoms with Crippen LogP contribution in [0.2, 0.25) is 0 Å². The molecule has 4 rings (SSSR count). The highest BCUT2D eigenvalue weighted by Gasteiger charge is 2.23. The van der Waals surface area contributed by atoms with E-state index in [0.717, 1.165) is 30.9 Å². The second-order valence-electron chi connectivity index (χ2n) is 6.72. The first-order chi connectivity index (χ1) is 13.3. The van der Waals surface area contributed by atoms with E-state index in [4.69, 9.17) is 0 Å². The van der Waals surface area contributed by atoms with Crippen molar-refractivity contribution in [1.29, 1.82) is 0 Å². The zero-order valence-corrected chi connectivity index (χ0v) is 15.2. The van der Waals surface area contributed by atoms with Crippen molar-refractivity contribution in [3.8, 4) is 11.3 Å². The molecule has 0 spiro atoms. The van der Waals surface area contributed by atoms with Crippen LogP contribution in [-0.4, -0.2) is 52.1 Å². The van der Waals surface area contributed by atoms with Crippen LogP contribution in [0.1, 0.15) is 16.1 Å². The van der Waals surface area contributed by atoms with Crippen LogP contribution in [0.15, 0.2) is 72.8 Å². The first kappa shape index (κ1) is 17.4. The predicted molar refractivity (Wildman–Crippen MR) is 105 cm³/mol. The summed E-state index contributed by atoms with van der Waals surface area (Å²) in [7, 11) is 0. The number of carbonyl (C=O) groups is 1. The summed E-state index contributed by atoms with van der Waals surface area (Å²) in [5.41, 5.74) is 3.49. The summed E-state index contributed by atoms with van der Waals surface area (Å²) in [6.07, 6.45) is 0. The van der Waals surface area contributed by atoms with Crippen molar-refractivity contribution in [2.45, 2.75) is 6.54 Å². The molecule has 1 aliphatic heterocycles. The average Bonchev–Trinajstić information content (AvgIpc) is 2.75. The lowest BCUT2D eigenvalue weighted by Gasteiger charge is -2.34. The fourth-order valence-electron chi connectivity index (χ4n) is 3.32. The lowest BCUT2D eigenvalue weighted by Crippen LogP contribution is -2.48. The van der Waals surface area contributed by atoms with E-state index in [2.05, 4.69) is 39.4 Å². The molecule has 1 fully saturated rings. The van der Waals surface area contributed by atoms with Crippen molar-refractivity contribution in [2.75, 3.05) is 26.2 Å². The van der Waals surface area contributed by atoms with Gasteiger partial charge in [0.15, 0.2) is 5.69 Å². The molecule has 2 heterocycles. The highest BCUT2D eigenvalue weighted by molar-refractivity contribution is 5.92. The summed E-state index contributed by atoms with van der Waals surface area (Å²) < 4.78 is 0. The average molecular weight is 358 g/mol. The van der Waals surface area contributed by atoms with Crippen LogP contribution in [0.3, 0.4) is 0 Å². The van der Waals surface area contributed by atoms with Crippen molar-refractivity contribution in [3.63, 3.8) is 0 Å². The Morgan fingerprint density at radius 2 is 1.44 bits per heavy atom. The maximum atomic E-state index is 12.7. The molecule has 0 radical (unpaired) electrons. The Morgan fingerprint density at radius 1 is 0.778 bits per heavy atom. The van der Waals surface area contributed by atoms with Gasteiger partial charge in [-0.1, -0.05) is 60.7 Å². The third-order valence-electron chi connectivity index (χ3n) is 4.86. The van der Waals surface area contributed by atoms with Gasteiger partial charge in [-0.15, -0.1) is 10.2 Å². The topological polar surface area (TPSA) is 49.3 Å². The molecular formula is C22H22N4O. The van der Waals surface area contributed by atoms with Crippen molar-refractivity contribution >= 4 is 5.91 Å². The van der Waals surface area contributed by atoms with Crippen molar-refractivity contribution in [2.24, 2.45) is 0 Å². The van der Waals surface area contributed by atoms with Gasteiger partial charge in [0.1, 0.15) is 0 Å². The fourth-order valence-corrected chi connectivity index (χ4v) is 3.32. The number of hydrogen-bond acceptors (Lipinski definition) is 4. The maximum Gasteiger partial charge on any atom is 0.274 e. The van der Waals surface area contributed by atoms with Gasteiger partial charge in [-0.25, -0.2) is 0 Å². The number of benzene rings is 2. The molecule has 1 amide bonds. The van der Waals surface area contributed by atoms with E-state index in [9.17, 15) is 4.79 Å². The van der Waals surface area contributed by atoms with Gasteiger partial charge < -0.3 is 4.90 Å². The highest BCUT2D eigenvalue weighted by atomic mass is 16.2. The second-order valence-corrected chi connectivity index (χ2v) is 6.72. The first-order valence-corrected chi connectivity index (χ1v) is 9.24. The van der Waals surface area contributed by atoms with Gasteiger partial charge in [-0.2, -0.15) is 0 Å². The van der Waals surface area contributed by atoms with Crippen LogP contribution in [-0.2, 0) is 6.54 Å². The summed E-state index contributed by atoms with van der Waals surface area (Å²) in [6, 6.07) is 23.9. The van der Waals surface area contributed by atoms with Crippen molar-refractivity contribution in [3.05, 3.63) is 84.1 Å². The van der Waals surface area contributed by atoms with E-state index in [0.29, 0.717) is 18.8 Å². The molecule has 5 nitrogen and oxygen atoms in total. The normalized spacial score (nSPS) is 14.9. The van der Waals surface area contributed by atoms with Crippen LogP contribution in [0.4, 0.5) is 0 Å². The standard InChI is InChI=1S/C22H22N4O/c27-22(21-12-11-20(23-24-21)19-9-5-2-6-10-19)26-15-13-25(14-16-26)17-18-7-3-1-4-8-18/h1-12H,13-17H2. The summed E-state index contributed by atoms with van der Waals surface area (Å²) >= 11 is 0. The number of hydrogen-bond donors (Lipinski definition) is 0. The van der Waals surface area contributed by atoms with E-state index < -0.39 is 0 Å². The highest BCUT2D eigenvalue weighted by Crippen LogP contribution is 2.16. The molecule has 27 heavy (non-hydrogen) atoms. The Hall–Kier alpha value is -3.05. The quantitative estimate of drug-likeness (QED) is 0.719. The van der Waals surface area contributed by atoms with Crippen LogP contribution >= 0.6 is 0 Å². The lowest BCUT2D eigenvalue weighted by molar-refractivity contribution is 0.0621. The molecular weight excluding hydrogens is 336 g/mol. The molecule has 3 aromatic rings. The monoisotopic (exact) mass is 358 g/mol. The minimum Gasteiger partial charge on any atom is -0.335 e. The van der Waals surface area contributed by atoms with Gasteiger partial charge >= 0.3 is 0 Å². The molecule has 0 bridgehead atoms. The molecule has 0 saturated carbocycles.